The lowest BCUT2D eigenvalue weighted by atomic mass is 9.71. The number of aliphatic imine (C=N–C) groups is 1. The fourth-order valence-corrected chi connectivity index (χ4v) is 4.91. The summed E-state index contributed by atoms with van der Waals surface area (Å²) >= 11 is 0. The average Bonchev–Trinajstić information content (AvgIpc) is 3.12. The lowest BCUT2D eigenvalue weighted by molar-refractivity contribution is 0.293. The minimum absolute atomic E-state index is 0.182. The van der Waals surface area contributed by atoms with Crippen molar-refractivity contribution < 1.29 is 0 Å². The number of nitrogens with zero attached hydrogens (tertiary/aromatic N) is 1. The lowest BCUT2D eigenvalue weighted by Gasteiger charge is -2.42. The van der Waals surface area contributed by atoms with Crippen LogP contribution in [0, 0.1) is 5.41 Å². The Balaban J connectivity index is 1.37. The first-order chi connectivity index (χ1) is 13.3. The van der Waals surface area contributed by atoms with Crippen LogP contribution in [0.5, 0.6) is 0 Å². The van der Waals surface area contributed by atoms with Gasteiger partial charge in [0.15, 0.2) is 0 Å². The predicted octanol–water partition coefficient (Wildman–Crippen LogP) is 4.45. The summed E-state index contributed by atoms with van der Waals surface area (Å²) in [6.07, 6.45) is 7.93. The van der Waals surface area contributed by atoms with E-state index in [0.717, 1.165) is 38.9 Å². The number of fused-ring (bicyclic) bond motifs is 2. The molecule has 2 N–H and O–H groups in total. The van der Waals surface area contributed by atoms with Crippen LogP contribution in [-0.2, 0) is 12.8 Å². The van der Waals surface area contributed by atoms with Gasteiger partial charge in [-0.25, -0.2) is 0 Å². The molecule has 1 fully saturated rings. The molecule has 1 aliphatic carbocycles. The van der Waals surface area contributed by atoms with Gasteiger partial charge in [0, 0.05) is 17.6 Å². The number of allylic oxidation sites excluding steroid dienone is 1. The van der Waals surface area contributed by atoms with Gasteiger partial charge in [0.1, 0.15) is 5.84 Å². The van der Waals surface area contributed by atoms with Crippen molar-refractivity contribution in [2.24, 2.45) is 10.4 Å². The molecule has 0 atom stereocenters. The van der Waals surface area contributed by atoms with Crippen LogP contribution in [0.2, 0.25) is 0 Å². The molecular formula is C24H27N3. The number of para-hydroxylation sites is 1. The molecule has 0 unspecified atom stereocenters. The van der Waals surface area contributed by atoms with E-state index in [0.29, 0.717) is 0 Å². The van der Waals surface area contributed by atoms with Gasteiger partial charge in [-0.05, 0) is 73.5 Å². The molecule has 0 aromatic heterocycles. The molecule has 2 aromatic carbocycles. The van der Waals surface area contributed by atoms with E-state index in [1.54, 1.807) is 0 Å². The molecule has 3 heteroatoms. The molecule has 1 saturated heterocycles. The molecule has 27 heavy (non-hydrogen) atoms. The van der Waals surface area contributed by atoms with Gasteiger partial charge in [0.05, 0.1) is 0 Å². The monoisotopic (exact) mass is 357 g/mol. The fraction of sp³-hybridized carbons (Fsp3) is 0.375. The van der Waals surface area contributed by atoms with Crippen molar-refractivity contribution in [1.29, 1.82) is 0 Å². The van der Waals surface area contributed by atoms with E-state index in [1.807, 2.05) is 0 Å². The second-order valence-electron chi connectivity index (χ2n) is 8.06. The zero-order valence-electron chi connectivity index (χ0n) is 15.8. The van der Waals surface area contributed by atoms with E-state index in [1.165, 1.54) is 46.6 Å². The molecule has 0 radical (unpaired) electrons. The Labute approximate surface area is 161 Å². The maximum Gasteiger partial charge on any atom is 0.107 e. The molecule has 138 valence electrons. The van der Waals surface area contributed by atoms with E-state index < -0.39 is 0 Å². The van der Waals surface area contributed by atoms with E-state index in [-0.39, 0.29) is 5.41 Å². The number of hydrogen-bond acceptors (Lipinski definition) is 2. The van der Waals surface area contributed by atoms with Gasteiger partial charge in [-0.1, -0.05) is 48.5 Å². The first-order valence-electron chi connectivity index (χ1n) is 10.2. The highest BCUT2D eigenvalue weighted by Gasteiger charge is 2.40. The first kappa shape index (κ1) is 16.8. The fourth-order valence-electron chi connectivity index (χ4n) is 4.91. The quantitative estimate of drug-likeness (QED) is 0.851. The molecule has 2 heterocycles. The van der Waals surface area contributed by atoms with Gasteiger partial charge in [-0.2, -0.15) is 0 Å². The van der Waals surface area contributed by atoms with Crippen molar-refractivity contribution in [2.75, 3.05) is 25.0 Å². The number of rotatable bonds is 3. The van der Waals surface area contributed by atoms with E-state index in [2.05, 4.69) is 65.2 Å². The smallest absolute Gasteiger partial charge is 0.107 e. The summed E-state index contributed by atoms with van der Waals surface area (Å²) in [7, 11) is 0. The number of anilines is 1. The molecule has 0 bridgehead atoms. The molecular weight excluding hydrogens is 330 g/mol. The lowest BCUT2D eigenvalue weighted by Crippen LogP contribution is -2.48. The Morgan fingerprint density at radius 3 is 2.59 bits per heavy atom. The minimum atomic E-state index is 0.182. The number of hydrogen-bond donors (Lipinski definition) is 2. The molecule has 3 nitrogen and oxygen atoms in total. The van der Waals surface area contributed by atoms with Crippen LogP contribution in [0.3, 0.4) is 0 Å². The topological polar surface area (TPSA) is 36.4 Å². The van der Waals surface area contributed by atoms with Crippen molar-refractivity contribution in [3.8, 4) is 0 Å². The van der Waals surface area contributed by atoms with Gasteiger partial charge < -0.3 is 10.6 Å². The average molecular weight is 358 g/mol. The van der Waals surface area contributed by atoms with E-state index >= 15 is 0 Å². The van der Waals surface area contributed by atoms with E-state index in [9.17, 15) is 0 Å². The maximum absolute atomic E-state index is 5.13. The van der Waals surface area contributed by atoms with Crippen molar-refractivity contribution in [3.63, 3.8) is 0 Å². The van der Waals surface area contributed by atoms with E-state index in [4.69, 9.17) is 4.99 Å². The molecule has 5 rings (SSSR count). The Morgan fingerprint density at radius 2 is 1.70 bits per heavy atom. The zero-order chi connectivity index (χ0) is 18.1. The highest BCUT2D eigenvalue weighted by molar-refractivity contribution is 6.02. The van der Waals surface area contributed by atoms with Crippen molar-refractivity contribution in [2.45, 2.75) is 32.1 Å². The Bertz CT molecular complexity index is 903. The molecule has 3 aliphatic rings. The Hall–Kier alpha value is -2.39. The van der Waals surface area contributed by atoms with Crippen molar-refractivity contribution >= 4 is 17.1 Å². The van der Waals surface area contributed by atoms with Crippen molar-refractivity contribution in [3.05, 3.63) is 71.3 Å². The number of nitrogens with one attached hydrogen (secondary N) is 2. The van der Waals surface area contributed by atoms with Crippen LogP contribution in [0.4, 0.5) is 5.69 Å². The standard InChI is InChI=1S/C24H27N3/c1-3-7-21-18(5-1)9-10-19(21)11-14-26-23-24(12-15-25-16-13-24)17-20-6-2-4-8-22(20)27-23/h1-8,10,25H,9,11-17H2,(H,26,27). The second-order valence-corrected chi connectivity index (χ2v) is 8.06. The summed E-state index contributed by atoms with van der Waals surface area (Å²) in [6, 6.07) is 17.5. The molecule has 2 aromatic rings. The third kappa shape index (κ3) is 3.10. The second kappa shape index (κ2) is 6.97. The van der Waals surface area contributed by atoms with Crippen LogP contribution in [0.25, 0.3) is 5.57 Å². The number of amidine groups is 1. The van der Waals surface area contributed by atoms with Gasteiger partial charge in [0.2, 0.25) is 0 Å². The van der Waals surface area contributed by atoms with Gasteiger partial charge in [-0.15, -0.1) is 0 Å². The molecule has 2 aliphatic heterocycles. The Kier molecular flexibility index (Phi) is 4.33. The van der Waals surface area contributed by atoms with Crippen LogP contribution >= 0.6 is 0 Å². The van der Waals surface area contributed by atoms with Crippen LogP contribution in [0.1, 0.15) is 36.0 Å². The number of piperidine rings is 1. The molecule has 0 saturated carbocycles. The SMILES string of the molecule is C1=C(CCN=C2Nc3ccccc3CC23CCNCC3)c2ccccc2C1. The van der Waals surface area contributed by atoms with Crippen molar-refractivity contribution in [1.82, 2.24) is 5.32 Å². The summed E-state index contributed by atoms with van der Waals surface area (Å²) < 4.78 is 0. The normalized spacial score (nSPS) is 21.5. The van der Waals surface area contributed by atoms with Crippen LogP contribution in [0.15, 0.2) is 59.6 Å². The summed E-state index contributed by atoms with van der Waals surface area (Å²) in [6.45, 7) is 3.03. The van der Waals surface area contributed by atoms with Crippen LogP contribution in [-0.4, -0.2) is 25.5 Å². The summed E-state index contributed by atoms with van der Waals surface area (Å²) in [5.74, 6) is 1.22. The minimum Gasteiger partial charge on any atom is -0.343 e. The van der Waals surface area contributed by atoms with Gasteiger partial charge >= 0.3 is 0 Å². The first-order valence-corrected chi connectivity index (χ1v) is 10.2. The largest absolute Gasteiger partial charge is 0.343 e. The number of benzene rings is 2. The summed E-state index contributed by atoms with van der Waals surface area (Å²) in [4.78, 5) is 5.13. The van der Waals surface area contributed by atoms with Gasteiger partial charge in [-0.3, -0.25) is 4.99 Å². The highest BCUT2D eigenvalue weighted by Crippen LogP contribution is 2.41. The summed E-state index contributed by atoms with van der Waals surface area (Å²) in [5.41, 5.74) is 7.21. The third-order valence-electron chi connectivity index (χ3n) is 6.45. The molecule has 0 amide bonds. The molecule has 1 spiro atoms. The maximum atomic E-state index is 5.13. The predicted molar refractivity (Wildman–Crippen MR) is 113 cm³/mol. The highest BCUT2D eigenvalue weighted by atomic mass is 15.0. The Morgan fingerprint density at radius 1 is 0.926 bits per heavy atom. The van der Waals surface area contributed by atoms with Crippen LogP contribution < -0.4 is 10.6 Å². The summed E-state index contributed by atoms with van der Waals surface area (Å²) in [5, 5.41) is 7.23. The van der Waals surface area contributed by atoms with Gasteiger partial charge in [0.25, 0.3) is 0 Å². The third-order valence-corrected chi connectivity index (χ3v) is 6.45. The zero-order valence-corrected chi connectivity index (χ0v) is 15.8.